The van der Waals surface area contributed by atoms with E-state index >= 15 is 0 Å². The molecule has 0 saturated carbocycles. The first-order valence-electron chi connectivity index (χ1n) is 8.28. The summed E-state index contributed by atoms with van der Waals surface area (Å²) in [4.78, 5) is 25.1. The van der Waals surface area contributed by atoms with Crippen LogP contribution in [0.3, 0.4) is 0 Å². The molecule has 27 heavy (non-hydrogen) atoms. The number of hydrogen-bond acceptors (Lipinski definition) is 2. The molecule has 2 aromatic rings. The van der Waals surface area contributed by atoms with Crippen LogP contribution >= 0.6 is 15.9 Å². The molecule has 0 spiro atoms. The van der Waals surface area contributed by atoms with Gasteiger partial charge in [-0.2, -0.15) is 0 Å². The molecule has 0 unspecified atom stereocenters. The van der Waals surface area contributed by atoms with E-state index in [0.29, 0.717) is 17.8 Å². The van der Waals surface area contributed by atoms with E-state index in [1.165, 1.54) is 24.0 Å². The molecule has 0 bridgehead atoms. The van der Waals surface area contributed by atoms with Crippen LogP contribution in [0, 0.1) is 5.82 Å². The van der Waals surface area contributed by atoms with Crippen molar-refractivity contribution in [2.75, 3.05) is 11.9 Å². The van der Waals surface area contributed by atoms with Gasteiger partial charge < -0.3 is 10.2 Å². The molecule has 0 aliphatic carbocycles. The number of nitrogens with one attached hydrogen (secondary N) is 1. The van der Waals surface area contributed by atoms with Crippen LogP contribution in [0.1, 0.15) is 18.1 Å². The number of hydrogen-bond donors (Lipinski definition) is 1. The summed E-state index contributed by atoms with van der Waals surface area (Å²) in [5.74, 6) is -0.758. The lowest BCUT2D eigenvalue weighted by atomic mass is 10.1. The first-order valence-corrected chi connectivity index (χ1v) is 9.08. The van der Waals surface area contributed by atoms with E-state index in [4.69, 9.17) is 0 Å². The molecule has 0 aliphatic heterocycles. The van der Waals surface area contributed by atoms with Crippen molar-refractivity contribution in [3.8, 4) is 0 Å². The Balaban J connectivity index is 2.09. The number of benzene rings is 2. The maximum atomic E-state index is 14.0. The Labute approximate surface area is 166 Å². The third-order valence-electron chi connectivity index (χ3n) is 3.68. The molecule has 2 amide bonds. The van der Waals surface area contributed by atoms with Crippen molar-refractivity contribution in [3.63, 3.8) is 0 Å². The van der Waals surface area contributed by atoms with Crippen LogP contribution in [-0.4, -0.2) is 23.3 Å². The second kappa shape index (κ2) is 9.83. The number of rotatable bonds is 7. The smallest absolute Gasteiger partial charge is 0.247 e. The number of amides is 2. The van der Waals surface area contributed by atoms with E-state index < -0.39 is 0 Å². The maximum Gasteiger partial charge on any atom is 0.247 e. The molecular formula is C21H20BrFN2O2. The van der Waals surface area contributed by atoms with E-state index in [9.17, 15) is 14.0 Å². The first kappa shape index (κ1) is 20.6. The SMILES string of the molecule is C=CCN(Cc1cc(Br)ccc1F)C(=O)/C=C/c1ccc(NC(C)=O)cc1. The van der Waals surface area contributed by atoms with Crippen molar-refractivity contribution < 1.29 is 14.0 Å². The number of carbonyl (C=O) groups is 2. The average molecular weight is 431 g/mol. The van der Waals surface area contributed by atoms with Gasteiger partial charge in [0.2, 0.25) is 11.8 Å². The molecular weight excluding hydrogens is 411 g/mol. The Bertz CT molecular complexity index is 863. The van der Waals surface area contributed by atoms with Gasteiger partial charge in [-0.3, -0.25) is 9.59 Å². The van der Waals surface area contributed by atoms with Gasteiger partial charge >= 0.3 is 0 Å². The summed E-state index contributed by atoms with van der Waals surface area (Å²) >= 11 is 3.31. The molecule has 2 aromatic carbocycles. The molecule has 4 nitrogen and oxygen atoms in total. The Kier molecular flexibility index (Phi) is 7.49. The standard InChI is InChI=1S/C21H20BrFN2O2/c1-3-12-25(14-17-13-18(22)7-10-20(17)23)21(27)11-6-16-4-8-19(9-5-16)24-15(2)26/h3-11,13H,1,12,14H2,2H3,(H,24,26)/b11-6+. The molecule has 140 valence electrons. The minimum Gasteiger partial charge on any atom is -0.331 e. The third-order valence-corrected chi connectivity index (χ3v) is 4.17. The molecule has 0 radical (unpaired) electrons. The Morgan fingerprint density at radius 2 is 1.93 bits per heavy atom. The zero-order valence-corrected chi connectivity index (χ0v) is 16.5. The van der Waals surface area contributed by atoms with E-state index in [1.807, 2.05) is 0 Å². The largest absolute Gasteiger partial charge is 0.331 e. The molecule has 0 fully saturated rings. The van der Waals surface area contributed by atoms with Crippen LogP contribution in [0.15, 0.2) is 65.7 Å². The fourth-order valence-corrected chi connectivity index (χ4v) is 2.82. The molecule has 0 aliphatic rings. The zero-order chi connectivity index (χ0) is 19.8. The van der Waals surface area contributed by atoms with Gasteiger partial charge in [0.15, 0.2) is 0 Å². The minimum absolute atomic E-state index is 0.141. The second-order valence-corrected chi connectivity index (χ2v) is 6.80. The highest BCUT2D eigenvalue weighted by Crippen LogP contribution is 2.18. The Morgan fingerprint density at radius 1 is 1.22 bits per heavy atom. The number of nitrogens with zero attached hydrogens (tertiary/aromatic N) is 1. The lowest BCUT2D eigenvalue weighted by Gasteiger charge is -2.20. The highest BCUT2D eigenvalue weighted by atomic mass is 79.9. The van der Waals surface area contributed by atoms with Gasteiger partial charge in [-0.25, -0.2) is 4.39 Å². The van der Waals surface area contributed by atoms with Crippen molar-refractivity contribution in [1.82, 2.24) is 4.90 Å². The quantitative estimate of drug-likeness (QED) is 0.507. The number of halogens is 2. The summed E-state index contributed by atoms with van der Waals surface area (Å²) < 4.78 is 14.7. The molecule has 6 heteroatoms. The predicted molar refractivity (Wildman–Crippen MR) is 109 cm³/mol. The monoisotopic (exact) mass is 430 g/mol. The van der Waals surface area contributed by atoms with Crippen molar-refractivity contribution in [2.24, 2.45) is 0 Å². The summed E-state index contributed by atoms with van der Waals surface area (Å²) in [6.45, 7) is 5.54. The first-order chi connectivity index (χ1) is 12.9. The van der Waals surface area contributed by atoms with Crippen LogP contribution in [0.25, 0.3) is 6.08 Å². The molecule has 0 saturated heterocycles. The van der Waals surface area contributed by atoms with Crippen LogP contribution in [0.5, 0.6) is 0 Å². The summed E-state index contributed by atoms with van der Waals surface area (Å²) in [7, 11) is 0. The van der Waals surface area contributed by atoms with Gasteiger partial charge in [-0.1, -0.05) is 34.1 Å². The summed E-state index contributed by atoms with van der Waals surface area (Å²) in [6, 6.07) is 11.7. The summed E-state index contributed by atoms with van der Waals surface area (Å²) in [5.41, 5.74) is 1.92. The minimum atomic E-state index is -0.363. The lowest BCUT2D eigenvalue weighted by molar-refractivity contribution is -0.126. The van der Waals surface area contributed by atoms with E-state index in [1.54, 1.807) is 48.6 Å². The second-order valence-electron chi connectivity index (χ2n) is 5.88. The summed E-state index contributed by atoms with van der Waals surface area (Å²) in [6.07, 6.45) is 4.71. The number of anilines is 1. The molecule has 2 rings (SSSR count). The van der Waals surface area contributed by atoms with Gasteiger partial charge in [0.1, 0.15) is 5.82 Å². The van der Waals surface area contributed by atoms with Crippen molar-refractivity contribution in [1.29, 1.82) is 0 Å². The van der Waals surface area contributed by atoms with Crippen LogP contribution in [0.4, 0.5) is 10.1 Å². The van der Waals surface area contributed by atoms with E-state index in [-0.39, 0.29) is 24.2 Å². The molecule has 0 atom stereocenters. The highest BCUT2D eigenvalue weighted by molar-refractivity contribution is 9.10. The summed E-state index contributed by atoms with van der Waals surface area (Å²) in [5, 5.41) is 2.68. The van der Waals surface area contributed by atoms with E-state index in [0.717, 1.165) is 10.0 Å². The van der Waals surface area contributed by atoms with Gasteiger partial charge in [0, 0.05) is 41.8 Å². The maximum absolute atomic E-state index is 14.0. The topological polar surface area (TPSA) is 49.4 Å². The fourth-order valence-electron chi connectivity index (χ4n) is 2.41. The Morgan fingerprint density at radius 3 is 2.56 bits per heavy atom. The van der Waals surface area contributed by atoms with Crippen molar-refractivity contribution >= 4 is 39.5 Å². The molecule has 0 aromatic heterocycles. The van der Waals surface area contributed by atoms with Crippen molar-refractivity contribution in [2.45, 2.75) is 13.5 Å². The highest BCUT2D eigenvalue weighted by Gasteiger charge is 2.13. The number of carbonyl (C=O) groups excluding carboxylic acids is 2. The van der Waals surface area contributed by atoms with E-state index in [2.05, 4.69) is 27.8 Å². The lowest BCUT2D eigenvalue weighted by Crippen LogP contribution is -2.29. The van der Waals surface area contributed by atoms with Crippen LogP contribution < -0.4 is 5.32 Å². The van der Waals surface area contributed by atoms with Crippen molar-refractivity contribution in [3.05, 3.63) is 82.6 Å². The molecule has 0 heterocycles. The Hall–Kier alpha value is -2.73. The van der Waals surface area contributed by atoms with Gasteiger partial charge in [-0.05, 0) is 42.0 Å². The van der Waals surface area contributed by atoms with Gasteiger partial charge in [-0.15, -0.1) is 6.58 Å². The van der Waals surface area contributed by atoms with Gasteiger partial charge in [0.05, 0.1) is 0 Å². The van der Waals surface area contributed by atoms with Gasteiger partial charge in [0.25, 0.3) is 0 Å². The van der Waals surface area contributed by atoms with Crippen LogP contribution in [-0.2, 0) is 16.1 Å². The predicted octanol–water partition coefficient (Wildman–Crippen LogP) is 4.77. The zero-order valence-electron chi connectivity index (χ0n) is 14.9. The molecule has 1 N–H and O–H groups in total. The van der Waals surface area contributed by atoms with Crippen LogP contribution in [0.2, 0.25) is 0 Å². The fraction of sp³-hybridized carbons (Fsp3) is 0.143. The third kappa shape index (κ3) is 6.49. The normalized spacial score (nSPS) is 10.6. The average Bonchev–Trinajstić information content (AvgIpc) is 2.63.